The predicted octanol–water partition coefficient (Wildman–Crippen LogP) is 17.0. The van der Waals surface area contributed by atoms with E-state index < -0.39 is 0 Å². The quantitative estimate of drug-likeness (QED) is 0.123. The molecule has 0 unspecified atom stereocenters. The molecule has 12 aromatic rings. The maximum Gasteiger partial charge on any atom is 0.121 e. The number of hydrogen-bond donors (Lipinski definition) is 0. The van der Waals surface area contributed by atoms with Gasteiger partial charge in [-0.15, -0.1) is 54.1 Å². The molecule has 3 aromatic heterocycles. The average Bonchev–Trinajstić information content (AvgIpc) is 3.94. The maximum atomic E-state index is 6.92. The molecular weight excluding hydrogens is 1020 g/mol. The minimum atomic E-state index is 0. The summed E-state index contributed by atoms with van der Waals surface area (Å²) in [6.45, 7) is 15.6. The van der Waals surface area contributed by atoms with Gasteiger partial charge in [-0.3, -0.25) is 15.0 Å². The van der Waals surface area contributed by atoms with Crippen LogP contribution in [0.3, 0.4) is 0 Å². The van der Waals surface area contributed by atoms with Crippen molar-refractivity contribution >= 4 is 65.3 Å². The summed E-state index contributed by atoms with van der Waals surface area (Å²) in [7, 11) is 0. The minimum Gasteiger partial charge on any atom is -0.501 e. The first-order chi connectivity index (χ1) is 33.0. The van der Waals surface area contributed by atoms with E-state index in [4.69, 9.17) is 9.40 Å². The van der Waals surface area contributed by atoms with Crippen LogP contribution in [0.2, 0.25) is 0 Å². The second-order valence-corrected chi connectivity index (χ2v) is 19.4. The normalized spacial score (nSPS) is 11.8. The van der Waals surface area contributed by atoms with Gasteiger partial charge in [0.2, 0.25) is 0 Å². The Hall–Kier alpha value is -7.24. The van der Waals surface area contributed by atoms with E-state index in [1.54, 1.807) is 0 Å². The average molecular weight is 1070 g/mol. The number of fused-ring (bicyclic) bond motifs is 9. The molecule has 0 spiro atoms. The molecular formula is C63H52IrN4O-2. The summed E-state index contributed by atoms with van der Waals surface area (Å²) in [5, 5.41) is 9.36. The zero-order chi connectivity index (χ0) is 46.7. The van der Waals surface area contributed by atoms with Crippen LogP contribution < -0.4 is 0 Å². The van der Waals surface area contributed by atoms with E-state index in [1.165, 1.54) is 60.3 Å². The van der Waals surface area contributed by atoms with Gasteiger partial charge < -0.3 is 8.98 Å². The SMILES string of the molecule is CC(C)(C)c1ccnc(-c2[c-]cccc2)n1.CC(C)c1cc(-c2ccccc2)cc(C(C)C)c1-n1c(-c2[c-]ccc3c2oc2cc4c(ccc5ccccc54)cc23)nc2ccc3ccccc3c21.[Ir]. The molecule has 0 N–H and O–H groups in total. The molecule has 341 valence electrons. The molecule has 0 amide bonds. The Kier molecular flexibility index (Phi) is 12.1. The molecule has 0 bridgehead atoms. The topological polar surface area (TPSA) is 56.7 Å². The third-order valence-electron chi connectivity index (χ3n) is 13.2. The van der Waals surface area contributed by atoms with Crippen LogP contribution in [0, 0.1) is 12.1 Å². The van der Waals surface area contributed by atoms with Gasteiger partial charge in [0.15, 0.2) is 0 Å². The third-order valence-corrected chi connectivity index (χ3v) is 13.2. The molecule has 1 radical (unpaired) electrons. The van der Waals surface area contributed by atoms with Crippen LogP contribution in [0.5, 0.6) is 0 Å². The van der Waals surface area contributed by atoms with Crippen molar-refractivity contribution in [1.82, 2.24) is 19.5 Å². The Morgan fingerprint density at radius 2 is 1.22 bits per heavy atom. The van der Waals surface area contributed by atoms with Gasteiger partial charge in [-0.05, 0) is 97.4 Å². The summed E-state index contributed by atoms with van der Waals surface area (Å²) >= 11 is 0. The Bertz CT molecular complexity index is 3810. The monoisotopic (exact) mass is 1070 g/mol. The van der Waals surface area contributed by atoms with Gasteiger partial charge in [0, 0.05) is 53.9 Å². The van der Waals surface area contributed by atoms with E-state index in [1.807, 2.05) is 42.6 Å². The second kappa shape index (κ2) is 18.3. The van der Waals surface area contributed by atoms with E-state index in [0.29, 0.717) is 0 Å². The fraction of sp³-hybridized carbons (Fsp3) is 0.159. The number of furan rings is 1. The minimum absolute atomic E-state index is 0. The molecule has 12 rings (SSSR count). The number of imidazole rings is 1. The molecule has 5 nitrogen and oxygen atoms in total. The first-order valence-electron chi connectivity index (χ1n) is 23.6. The Morgan fingerprint density at radius 3 is 1.93 bits per heavy atom. The van der Waals surface area contributed by atoms with Crippen molar-refractivity contribution < 1.29 is 24.5 Å². The zero-order valence-corrected chi connectivity index (χ0v) is 42.3. The molecule has 9 aromatic carbocycles. The summed E-state index contributed by atoms with van der Waals surface area (Å²) in [6.07, 6.45) is 1.81. The van der Waals surface area contributed by atoms with E-state index in [2.05, 4.69) is 209 Å². The summed E-state index contributed by atoms with van der Waals surface area (Å²) in [5.41, 5.74) is 12.8. The van der Waals surface area contributed by atoms with Gasteiger partial charge in [-0.1, -0.05) is 156 Å². The van der Waals surface area contributed by atoms with Crippen LogP contribution in [0.15, 0.2) is 180 Å². The second-order valence-electron chi connectivity index (χ2n) is 19.4. The Morgan fingerprint density at radius 1 is 0.551 bits per heavy atom. The molecule has 0 saturated heterocycles. The van der Waals surface area contributed by atoms with Crippen molar-refractivity contribution in [3.05, 3.63) is 205 Å². The van der Waals surface area contributed by atoms with Gasteiger partial charge in [0.25, 0.3) is 0 Å². The molecule has 6 heteroatoms. The molecule has 0 aliphatic carbocycles. The Balaban J connectivity index is 0.000000277. The van der Waals surface area contributed by atoms with Crippen LogP contribution in [0.1, 0.15) is 77.1 Å². The summed E-state index contributed by atoms with van der Waals surface area (Å²) in [6, 6.07) is 66.7. The third kappa shape index (κ3) is 8.32. The summed E-state index contributed by atoms with van der Waals surface area (Å²) in [4.78, 5) is 14.3. The van der Waals surface area contributed by atoms with Crippen molar-refractivity contribution in [3.63, 3.8) is 0 Å². The van der Waals surface area contributed by atoms with Gasteiger partial charge in [-0.25, -0.2) is 0 Å². The van der Waals surface area contributed by atoms with Crippen molar-refractivity contribution in [1.29, 1.82) is 0 Å². The van der Waals surface area contributed by atoms with E-state index >= 15 is 0 Å². The summed E-state index contributed by atoms with van der Waals surface area (Å²) in [5.74, 6) is 2.09. The fourth-order valence-corrected chi connectivity index (χ4v) is 9.69. The molecule has 69 heavy (non-hydrogen) atoms. The zero-order valence-electron chi connectivity index (χ0n) is 39.9. The summed E-state index contributed by atoms with van der Waals surface area (Å²) < 4.78 is 9.35. The first-order valence-corrected chi connectivity index (χ1v) is 23.6. The largest absolute Gasteiger partial charge is 0.501 e. The van der Waals surface area contributed by atoms with Crippen molar-refractivity contribution in [2.24, 2.45) is 0 Å². The number of benzene rings is 9. The van der Waals surface area contributed by atoms with Crippen LogP contribution in [-0.2, 0) is 25.5 Å². The number of nitrogens with zero attached hydrogens (tertiary/aromatic N) is 4. The van der Waals surface area contributed by atoms with E-state index in [0.717, 1.165) is 61.4 Å². The van der Waals surface area contributed by atoms with Crippen molar-refractivity contribution in [2.75, 3.05) is 0 Å². The number of hydrogen-bond acceptors (Lipinski definition) is 4. The van der Waals surface area contributed by atoms with Crippen LogP contribution in [0.4, 0.5) is 0 Å². The smallest absolute Gasteiger partial charge is 0.121 e. The van der Waals surface area contributed by atoms with Gasteiger partial charge >= 0.3 is 0 Å². The number of rotatable bonds is 6. The van der Waals surface area contributed by atoms with E-state index in [9.17, 15) is 0 Å². The molecule has 0 aliphatic heterocycles. The van der Waals surface area contributed by atoms with Crippen LogP contribution in [0.25, 0.3) is 105 Å². The fourth-order valence-electron chi connectivity index (χ4n) is 9.69. The molecule has 0 aliphatic rings. The Labute approximate surface area is 417 Å². The first kappa shape index (κ1) is 45.5. The van der Waals surface area contributed by atoms with E-state index in [-0.39, 0.29) is 37.4 Å². The molecule has 0 saturated carbocycles. The molecule has 0 atom stereocenters. The molecule has 3 heterocycles. The standard InChI is InChI=1S/C49H37N2O.C14H15N2.Ir/c1-29(2)40-26-35(31-13-6-5-7-14-31)27-41(30(3)4)46(40)51-47-37-18-11-9-16-33(37)23-24-44(47)50-49(51)39-20-12-19-38-43-25-34-22-21-32-15-8-10-17-36(32)42(34)28-45(43)52-48(38)39;1-14(2,3)12-9-10-15-13(16-12)11-7-5-4-6-8-11;/h5-19,21-30H,1-4H3;4-7,9-10H,1-3H3;/q2*-1;. The van der Waals surface area contributed by atoms with Crippen molar-refractivity contribution in [2.45, 2.75) is 65.7 Å². The molecule has 0 fully saturated rings. The van der Waals surface area contributed by atoms with Gasteiger partial charge in [0.05, 0.1) is 28.3 Å². The van der Waals surface area contributed by atoms with Gasteiger partial charge in [0.1, 0.15) is 5.58 Å². The maximum absolute atomic E-state index is 6.92. The number of aromatic nitrogens is 4. The van der Waals surface area contributed by atoms with Crippen molar-refractivity contribution in [3.8, 4) is 39.6 Å². The predicted molar refractivity (Wildman–Crippen MR) is 284 cm³/mol. The van der Waals surface area contributed by atoms with Crippen LogP contribution >= 0.6 is 0 Å². The van der Waals surface area contributed by atoms with Gasteiger partial charge in [-0.2, -0.15) is 0 Å². The van der Waals surface area contributed by atoms with Crippen LogP contribution in [-0.4, -0.2) is 19.5 Å².